The number of carbonyl (C=O) groups excluding carboxylic acids is 2. The number of hydrogen-bond donors (Lipinski definition) is 4. The van der Waals surface area contributed by atoms with Crippen molar-refractivity contribution in [2.24, 2.45) is 0 Å². The van der Waals surface area contributed by atoms with Crippen molar-refractivity contribution in [1.29, 1.82) is 0 Å². The number of rotatable bonds is 12. The molecule has 1 aliphatic rings. The van der Waals surface area contributed by atoms with Crippen molar-refractivity contribution in [1.82, 2.24) is 20.5 Å². The summed E-state index contributed by atoms with van der Waals surface area (Å²) >= 11 is 3.04. The fourth-order valence-electron chi connectivity index (χ4n) is 7.17. The van der Waals surface area contributed by atoms with Gasteiger partial charge in [0.2, 0.25) is 11.8 Å². The lowest BCUT2D eigenvalue weighted by molar-refractivity contribution is -0.140. The Hall–Kier alpha value is -4.97. The molecule has 0 saturated carbocycles. The van der Waals surface area contributed by atoms with Gasteiger partial charge in [0.15, 0.2) is 0 Å². The van der Waals surface area contributed by atoms with E-state index in [1.165, 1.54) is 16.7 Å². The Morgan fingerprint density at radius 2 is 1.38 bits per heavy atom. The lowest BCUT2D eigenvalue weighted by Crippen LogP contribution is -2.60. The highest BCUT2D eigenvalue weighted by atomic mass is 32.2. The monoisotopic (exact) mass is 748 g/mol. The van der Waals surface area contributed by atoms with E-state index in [-0.39, 0.29) is 13.0 Å². The maximum absolute atomic E-state index is 14.7. The lowest BCUT2D eigenvalue weighted by Gasteiger charge is -2.44. The average Bonchev–Trinajstić information content (AvgIpc) is 3.78. The minimum atomic E-state index is -1.37. The standard InChI is InChI=1S/C42H44N4O5S2/c1-27(29-20-22-30(23-21-29)36-28(2)43-26-52-36)44-38(48)35-24-34(47)25-46(35)39(49)37(45-40(50)51)41(3,4)53-42(31-14-8-5-9-15-31,32-16-10-6-11-17-32)33-18-12-7-13-19-33/h5-23,26-27,34-35,37,45,47H,24-25H2,1-4H3,(H,44,48)(H,50,51)/t27-,34+,35+,37?/m0/s1. The Labute approximate surface area is 318 Å². The summed E-state index contributed by atoms with van der Waals surface area (Å²) in [4.78, 5) is 47.8. The fourth-order valence-corrected chi connectivity index (χ4v) is 9.81. The van der Waals surface area contributed by atoms with Gasteiger partial charge in [-0.2, -0.15) is 0 Å². The molecule has 0 aliphatic carbocycles. The van der Waals surface area contributed by atoms with E-state index in [1.807, 2.05) is 148 Å². The van der Waals surface area contributed by atoms with Crippen LogP contribution in [0.15, 0.2) is 121 Å². The van der Waals surface area contributed by atoms with Crippen molar-refractivity contribution in [2.45, 2.75) is 67.8 Å². The van der Waals surface area contributed by atoms with Crippen LogP contribution >= 0.6 is 23.1 Å². The number of thiazole rings is 1. The molecule has 53 heavy (non-hydrogen) atoms. The van der Waals surface area contributed by atoms with Crippen LogP contribution in [0.25, 0.3) is 10.4 Å². The molecule has 6 rings (SSSR count). The van der Waals surface area contributed by atoms with Crippen LogP contribution in [0.5, 0.6) is 0 Å². The molecule has 2 heterocycles. The molecule has 4 atom stereocenters. The Morgan fingerprint density at radius 3 is 1.85 bits per heavy atom. The normalized spacial score (nSPS) is 17.2. The summed E-state index contributed by atoms with van der Waals surface area (Å²) in [5, 5.41) is 26.5. The number of likely N-dealkylation sites (tertiary alicyclic amines) is 1. The van der Waals surface area contributed by atoms with Crippen LogP contribution in [-0.2, 0) is 14.3 Å². The summed E-state index contributed by atoms with van der Waals surface area (Å²) in [6.07, 6.45) is -2.29. The first-order valence-electron chi connectivity index (χ1n) is 17.6. The second-order valence-corrected chi connectivity index (χ2v) is 16.6. The van der Waals surface area contributed by atoms with Gasteiger partial charge in [-0.15, -0.1) is 23.1 Å². The largest absolute Gasteiger partial charge is 0.465 e. The van der Waals surface area contributed by atoms with E-state index < -0.39 is 51.6 Å². The molecule has 1 aromatic heterocycles. The van der Waals surface area contributed by atoms with E-state index in [0.717, 1.165) is 38.4 Å². The van der Waals surface area contributed by atoms with Gasteiger partial charge in [0.1, 0.15) is 12.1 Å². The highest BCUT2D eigenvalue weighted by Crippen LogP contribution is 2.54. The third-order valence-electron chi connectivity index (χ3n) is 9.81. The Kier molecular flexibility index (Phi) is 11.4. The number of amides is 3. The maximum Gasteiger partial charge on any atom is 0.405 e. The maximum atomic E-state index is 14.7. The van der Waals surface area contributed by atoms with E-state index in [4.69, 9.17) is 0 Å². The number of nitrogens with one attached hydrogen (secondary N) is 2. The van der Waals surface area contributed by atoms with Gasteiger partial charge in [-0.05, 0) is 55.5 Å². The summed E-state index contributed by atoms with van der Waals surface area (Å²) in [6.45, 7) is 7.43. The van der Waals surface area contributed by atoms with Crippen LogP contribution in [-0.4, -0.2) is 67.5 Å². The molecular weight excluding hydrogens is 705 g/mol. The molecule has 1 saturated heterocycles. The first kappa shape index (κ1) is 37.8. The Morgan fingerprint density at radius 1 is 0.849 bits per heavy atom. The molecule has 1 unspecified atom stereocenters. The summed E-state index contributed by atoms with van der Waals surface area (Å²) in [5.41, 5.74) is 7.54. The van der Waals surface area contributed by atoms with Crippen molar-refractivity contribution in [2.75, 3.05) is 6.54 Å². The number of carboxylic acid groups (broad SMARTS) is 1. The molecule has 3 amide bonds. The van der Waals surface area contributed by atoms with Gasteiger partial charge in [0.25, 0.3) is 0 Å². The number of aryl methyl sites for hydroxylation is 1. The second kappa shape index (κ2) is 16.0. The summed E-state index contributed by atoms with van der Waals surface area (Å²) in [5.74, 6) is -1.00. The lowest BCUT2D eigenvalue weighted by atomic mass is 9.84. The van der Waals surface area contributed by atoms with Crippen LogP contribution in [0, 0.1) is 6.92 Å². The van der Waals surface area contributed by atoms with Gasteiger partial charge < -0.3 is 25.7 Å². The third-order valence-corrected chi connectivity index (χ3v) is 12.6. The zero-order valence-electron chi connectivity index (χ0n) is 30.1. The van der Waals surface area contributed by atoms with Crippen molar-refractivity contribution in [3.8, 4) is 10.4 Å². The molecule has 0 spiro atoms. The number of aromatic nitrogens is 1. The topological polar surface area (TPSA) is 132 Å². The van der Waals surface area contributed by atoms with E-state index in [9.17, 15) is 24.6 Å². The van der Waals surface area contributed by atoms with Gasteiger partial charge in [0.05, 0.1) is 33.0 Å². The minimum absolute atomic E-state index is 0.0310. The van der Waals surface area contributed by atoms with Crippen molar-refractivity contribution in [3.05, 3.63) is 149 Å². The zero-order valence-corrected chi connectivity index (χ0v) is 31.7. The summed E-state index contributed by atoms with van der Waals surface area (Å²) in [6, 6.07) is 35.1. The highest BCUT2D eigenvalue weighted by Gasteiger charge is 2.50. The number of hydrogen-bond acceptors (Lipinski definition) is 7. The number of aliphatic hydroxyl groups is 1. The zero-order chi connectivity index (χ0) is 37.8. The Bertz CT molecular complexity index is 1930. The van der Waals surface area contributed by atoms with Crippen molar-refractivity contribution in [3.63, 3.8) is 0 Å². The predicted molar refractivity (Wildman–Crippen MR) is 211 cm³/mol. The molecule has 5 aromatic rings. The van der Waals surface area contributed by atoms with Gasteiger partial charge >= 0.3 is 6.09 Å². The minimum Gasteiger partial charge on any atom is -0.465 e. The number of thioether (sulfide) groups is 1. The van der Waals surface area contributed by atoms with Crippen molar-refractivity contribution < 1.29 is 24.6 Å². The summed E-state index contributed by atoms with van der Waals surface area (Å²) in [7, 11) is 0. The van der Waals surface area contributed by atoms with E-state index in [2.05, 4.69) is 15.6 Å². The Balaban J connectivity index is 1.30. The number of nitrogens with zero attached hydrogens (tertiary/aromatic N) is 2. The van der Waals surface area contributed by atoms with Crippen LogP contribution in [0.4, 0.5) is 4.79 Å². The molecule has 4 aromatic carbocycles. The first-order chi connectivity index (χ1) is 25.4. The quantitative estimate of drug-likeness (QED) is 0.0979. The summed E-state index contributed by atoms with van der Waals surface area (Å²) < 4.78 is -1.96. The van der Waals surface area contributed by atoms with Crippen LogP contribution in [0.1, 0.15) is 61.2 Å². The smallest absolute Gasteiger partial charge is 0.405 e. The van der Waals surface area contributed by atoms with Crippen LogP contribution in [0.3, 0.4) is 0 Å². The van der Waals surface area contributed by atoms with E-state index in [0.29, 0.717) is 0 Å². The fraction of sp³-hybridized carbons (Fsp3) is 0.286. The number of carbonyl (C=O) groups is 3. The van der Waals surface area contributed by atoms with Gasteiger partial charge in [-0.3, -0.25) is 9.59 Å². The van der Waals surface area contributed by atoms with E-state index >= 15 is 0 Å². The second-order valence-electron chi connectivity index (χ2n) is 13.9. The molecule has 0 bridgehead atoms. The van der Waals surface area contributed by atoms with Gasteiger partial charge in [-0.1, -0.05) is 115 Å². The van der Waals surface area contributed by atoms with Gasteiger partial charge in [0, 0.05) is 17.7 Å². The molecule has 1 fully saturated rings. The predicted octanol–water partition coefficient (Wildman–Crippen LogP) is 7.40. The number of aliphatic hydroxyl groups excluding tert-OH is 1. The SMILES string of the molecule is Cc1ncsc1-c1ccc([C@H](C)NC(=O)[C@H]2C[C@@H](O)CN2C(=O)C(NC(=O)O)C(C)(C)SC(c2ccccc2)(c2ccccc2)c2ccccc2)cc1. The van der Waals surface area contributed by atoms with Gasteiger partial charge in [-0.25, -0.2) is 9.78 Å². The highest BCUT2D eigenvalue weighted by molar-refractivity contribution is 8.02. The van der Waals surface area contributed by atoms with Crippen LogP contribution in [0.2, 0.25) is 0 Å². The van der Waals surface area contributed by atoms with Crippen molar-refractivity contribution >= 4 is 41.0 Å². The number of β-amino-alcohol motifs (C(OH)–C–C–N with tert-alkyl or cyclic N) is 1. The number of benzene rings is 4. The molecule has 274 valence electrons. The molecular formula is C42H44N4O5S2. The molecule has 1 aliphatic heterocycles. The van der Waals surface area contributed by atoms with E-state index in [1.54, 1.807) is 11.3 Å². The molecule has 11 heteroatoms. The van der Waals surface area contributed by atoms with Crippen LogP contribution < -0.4 is 10.6 Å². The average molecular weight is 749 g/mol. The first-order valence-corrected chi connectivity index (χ1v) is 19.3. The molecule has 9 nitrogen and oxygen atoms in total. The third kappa shape index (κ3) is 8.02. The molecule has 4 N–H and O–H groups in total. The molecule has 0 radical (unpaired) electrons.